The molecule has 0 saturated heterocycles. The maximum Gasteiger partial charge on any atom is 0.183 e. The predicted molar refractivity (Wildman–Crippen MR) is 84.1 cm³/mol. The van der Waals surface area contributed by atoms with Crippen LogP contribution in [0, 0.1) is 0 Å². The molecule has 4 nitrogen and oxygen atoms in total. The van der Waals surface area contributed by atoms with Crippen molar-refractivity contribution in [1.82, 2.24) is 4.98 Å². The van der Waals surface area contributed by atoms with Gasteiger partial charge in [0.1, 0.15) is 0 Å². The zero-order valence-corrected chi connectivity index (χ0v) is 13.2. The van der Waals surface area contributed by atoms with E-state index in [0.717, 1.165) is 35.8 Å². The average Bonchev–Trinajstić information content (AvgIpc) is 2.87. The maximum atomic E-state index is 11.4. The van der Waals surface area contributed by atoms with Crippen LogP contribution < -0.4 is 5.32 Å². The smallest absolute Gasteiger partial charge is 0.183 e. The van der Waals surface area contributed by atoms with E-state index in [1.807, 2.05) is 5.38 Å². The molecule has 2 aromatic rings. The van der Waals surface area contributed by atoms with Crippen molar-refractivity contribution in [2.45, 2.75) is 24.7 Å². The molecule has 1 aromatic heterocycles. The monoisotopic (exact) mass is 310 g/mol. The van der Waals surface area contributed by atoms with Crippen LogP contribution in [0.2, 0.25) is 0 Å². The third-order valence-electron chi connectivity index (χ3n) is 2.89. The van der Waals surface area contributed by atoms with E-state index < -0.39 is 9.84 Å². The van der Waals surface area contributed by atoms with Gasteiger partial charge in [0.05, 0.1) is 10.6 Å². The number of anilines is 1. The Morgan fingerprint density at radius 3 is 2.55 bits per heavy atom. The molecular weight excluding hydrogens is 292 g/mol. The predicted octanol–water partition coefficient (Wildman–Crippen LogP) is 3.43. The van der Waals surface area contributed by atoms with E-state index in [9.17, 15) is 8.42 Å². The molecule has 0 atom stereocenters. The Morgan fingerprint density at radius 1 is 1.25 bits per heavy atom. The number of nitrogens with one attached hydrogen (secondary N) is 1. The minimum absolute atomic E-state index is 0.331. The topological polar surface area (TPSA) is 59.1 Å². The fourth-order valence-corrected chi connectivity index (χ4v) is 3.11. The van der Waals surface area contributed by atoms with Crippen molar-refractivity contribution < 1.29 is 8.42 Å². The molecule has 1 heterocycles. The SMILES string of the molecule is CCCCNc1nc(-c2ccc(S(C)(=O)=O)cc2)cs1. The van der Waals surface area contributed by atoms with Crippen LogP contribution in [0.4, 0.5) is 5.13 Å². The van der Waals surface area contributed by atoms with Gasteiger partial charge < -0.3 is 5.32 Å². The number of hydrogen-bond donors (Lipinski definition) is 1. The van der Waals surface area contributed by atoms with Gasteiger partial charge in [-0.1, -0.05) is 25.5 Å². The van der Waals surface area contributed by atoms with Crippen molar-refractivity contribution >= 4 is 26.3 Å². The molecule has 0 aliphatic heterocycles. The number of rotatable bonds is 6. The molecule has 0 unspecified atom stereocenters. The maximum absolute atomic E-state index is 11.4. The molecule has 108 valence electrons. The van der Waals surface area contributed by atoms with E-state index in [-0.39, 0.29) is 0 Å². The van der Waals surface area contributed by atoms with Crippen molar-refractivity contribution in [3.05, 3.63) is 29.6 Å². The third-order valence-corrected chi connectivity index (χ3v) is 4.82. The first-order valence-corrected chi connectivity index (χ1v) is 9.27. The van der Waals surface area contributed by atoms with Crippen molar-refractivity contribution in [3.63, 3.8) is 0 Å². The molecule has 0 amide bonds. The molecule has 0 saturated carbocycles. The van der Waals surface area contributed by atoms with E-state index in [0.29, 0.717) is 4.90 Å². The molecule has 20 heavy (non-hydrogen) atoms. The summed E-state index contributed by atoms with van der Waals surface area (Å²) in [6, 6.07) is 6.82. The van der Waals surface area contributed by atoms with Gasteiger partial charge in [0.15, 0.2) is 15.0 Å². The van der Waals surface area contributed by atoms with Gasteiger partial charge >= 0.3 is 0 Å². The van der Waals surface area contributed by atoms with Gasteiger partial charge in [-0.25, -0.2) is 13.4 Å². The molecule has 0 bridgehead atoms. The van der Waals surface area contributed by atoms with Crippen molar-refractivity contribution in [3.8, 4) is 11.3 Å². The third kappa shape index (κ3) is 3.80. The molecule has 6 heteroatoms. The van der Waals surface area contributed by atoms with E-state index >= 15 is 0 Å². The lowest BCUT2D eigenvalue weighted by molar-refractivity contribution is 0.602. The lowest BCUT2D eigenvalue weighted by Crippen LogP contribution is -2.00. The lowest BCUT2D eigenvalue weighted by atomic mass is 10.2. The minimum Gasteiger partial charge on any atom is -0.362 e. The van der Waals surface area contributed by atoms with Crippen LogP contribution in [0.25, 0.3) is 11.3 Å². The summed E-state index contributed by atoms with van der Waals surface area (Å²) >= 11 is 1.56. The molecule has 0 aliphatic carbocycles. The number of unbranched alkanes of at least 4 members (excludes halogenated alkanes) is 1. The standard InChI is InChI=1S/C14H18N2O2S2/c1-3-4-9-15-14-16-13(10-19-14)11-5-7-12(8-6-11)20(2,17)18/h5-8,10H,3-4,9H2,1-2H3,(H,15,16). The molecular formula is C14H18N2O2S2. The van der Waals surface area contributed by atoms with Gasteiger partial charge in [0, 0.05) is 23.7 Å². The van der Waals surface area contributed by atoms with Crippen molar-refractivity contribution in [2.75, 3.05) is 18.1 Å². The fraction of sp³-hybridized carbons (Fsp3) is 0.357. The Bertz CT molecular complexity index is 661. The van der Waals surface area contributed by atoms with E-state index in [1.165, 1.54) is 6.26 Å². The highest BCUT2D eigenvalue weighted by Gasteiger charge is 2.08. The first-order chi connectivity index (χ1) is 9.50. The summed E-state index contributed by atoms with van der Waals surface area (Å²) in [5.74, 6) is 0. The summed E-state index contributed by atoms with van der Waals surface area (Å²) in [5, 5.41) is 6.16. The minimum atomic E-state index is -3.14. The highest BCUT2D eigenvalue weighted by Crippen LogP contribution is 2.25. The quantitative estimate of drug-likeness (QED) is 0.831. The second kappa shape index (κ2) is 6.37. The van der Waals surface area contributed by atoms with Crippen molar-refractivity contribution in [2.24, 2.45) is 0 Å². The number of nitrogens with zero attached hydrogens (tertiary/aromatic N) is 1. The summed E-state index contributed by atoms with van der Waals surface area (Å²) in [4.78, 5) is 4.83. The zero-order valence-electron chi connectivity index (χ0n) is 11.6. The van der Waals surface area contributed by atoms with E-state index in [1.54, 1.807) is 35.6 Å². The normalized spacial score (nSPS) is 11.5. The van der Waals surface area contributed by atoms with Gasteiger partial charge in [-0.3, -0.25) is 0 Å². The van der Waals surface area contributed by atoms with Gasteiger partial charge in [-0.05, 0) is 18.6 Å². The van der Waals surface area contributed by atoms with E-state index in [4.69, 9.17) is 0 Å². The Morgan fingerprint density at radius 2 is 1.95 bits per heavy atom. The van der Waals surface area contributed by atoms with Crippen LogP contribution in [0.15, 0.2) is 34.5 Å². The molecule has 0 spiro atoms. The van der Waals surface area contributed by atoms with Crippen LogP contribution in [0.5, 0.6) is 0 Å². The summed E-state index contributed by atoms with van der Waals surface area (Å²) in [6.45, 7) is 3.08. The van der Waals surface area contributed by atoms with E-state index in [2.05, 4.69) is 17.2 Å². The molecule has 1 aromatic carbocycles. The molecule has 1 N–H and O–H groups in total. The van der Waals surface area contributed by atoms with Crippen LogP contribution in [0.1, 0.15) is 19.8 Å². The zero-order chi connectivity index (χ0) is 14.6. The summed E-state index contributed by atoms with van der Waals surface area (Å²) in [6.07, 6.45) is 3.48. The lowest BCUT2D eigenvalue weighted by Gasteiger charge is -2.01. The van der Waals surface area contributed by atoms with Crippen LogP contribution in [0.3, 0.4) is 0 Å². The highest BCUT2D eigenvalue weighted by molar-refractivity contribution is 7.90. The molecule has 0 radical (unpaired) electrons. The average molecular weight is 310 g/mol. The summed E-state index contributed by atoms with van der Waals surface area (Å²) in [5.41, 5.74) is 1.80. The number of hydrogen-bond acceptors (Lipinski definition) is 5. The van der Waals surface area contributed by atoms with Gasteiger partial charge in [0.2, 0.25) is 0 Å². The Balaban J connectivity index is 2.12. The second-order valence-electron chi connectivity index (χ2n) is 4.61. The summed E-state index contributed by atoms with van der Waals surface area (Å²) in [7, 11) is -3.14. The largest absolute Gasteiger partial charge is 0.362 e. The number of thiazole rings is 1. The molecule has 0 fully saturated rings. The van der Waals surface area contributed by atoms with Crippen molar-refractivity contribution in [1.29, 1.82) is 0 Å². The number of sulfone groups is 1. The van der Waals surface area contributed by atoms with Crippen LogP contribution in [-0.2, 0) is 9.84 Å². The van der Waals surface area contributed by atoms with Gasteiger partial charge in [0.25, 0.3) is 0 Å². The fourth-order valence-electron chi connectivity index (χ4n) is 1.73. The van der Waals surface area contributed by atoms with Crippen LogP contribution >= 0.6 is 11.3 Å². The number of aromatic nitrogens is 1. The molecule has 0 aliphatic rings. The van der Waals surface area contributed by atoms with Gasteiger partial charge in [-0.2, -0.15) is 0 Å². The van der Waals surface area contributed by atoms with Gasteiger partial charge in [-0.15, -0.1) is 11.3 Å². The summed E-state index contributed by atoms with van der Waals surface area (Å²) < 4.78 is 22.8. The number of benzene rings is 1. The first kappa shape index (κ1) is 15.0. The Labute approximate surface area is 123 Å². The Hall–Kier alpha value is -1.40. The molecule has 2 rings (SSSR count). The second-order valence-corrected chi connectivity index (χ2v) is 7.49. The first-order valence-electron chi connectivity index (χ1n) is 6.50. The Kier molecular flexibility index (Phi) is 4.77. The highest BCUT2D eigenvalue weighted by atomic mass is 32.2. The van der Waals surface area contributed by atoms with Crippen LogP contribution in [-0.4, -0.2) is 26.2 Å².